The predicted molar refractivity (Wildman–Crippen MR) is 113 cm³/mol. The second kappa shape index (κ2) is 8.91. The summed E-state index contributed by atoms with van der Waals surface area (Å²) < 4.78 is 11.1. The first kappa shape index (κ1) is 21.1. The summed E-state index contributed by atoms with van der Waals surface area (Å²) in [4.78, 5) is 23.2. The van der Waals surface area contributed by atoms with Gasteiger partial charge in [0.2, 0.25) is 0 Å². The van der Waals surface area contributed by atoms with Crippen molar-refractivity contribution < 1.29 is 29.3 Å². The summed E-state index contributed by atoms with van der Waals surface area (Å²) in [5.74, 6) is -0.537. The van der Waals surface area contributed by atoms with Gasteiger partial charge in [-0.1, -0.05) is 24.3 Å². The molecular formula is C24H24O7. The van der Waals surface area contributed by atoms with Gasteiger partial charge in [-0.15, -0.1) is 0 Å². The Bertz CT molecular complexity index is 1160. The van der Waals surface area contributed by atoms with E-state index in [9.17, 15) is 19.8 Å². The molecule has 0 aliphatic heterocycles. The van der Waals surface area contributed by atoms with Gasteiger partial charge in [0.05, 0.1) is 6.42 Å². The van der Waals surface area contributed by atoms with E-state index in [0.29, 0.717) is 39.8 Å². The van der Waals surface area contributed by atoms with E-state index in [2.05, 4.69) is 0 Å². The highest BCUT2D eigenvalue weighted by atomic mass is 16.5. The van der Waals surface area contributed by atoms with Gasteiger partial charge in [-0.25, -0.2) is 4.79 Å². The molecule has 162 valence electrons. The van der Waals surface area contributed by atoms with E-state index in [1.807, 2.05) is 0 Å². The molecule has 0 bridgehead atoms. The number of hydrogen-bond acceptors (Lipinski definition) is 6. The van der Waals surface area contributed by atoms with Gasteiger partial charge in [0.15, 0.2) is 0 Å². The largest absolute Gasteiger partial charge is 0.491 e. The lowest BCUT2D eigenvalue weighted by atomic mass is 9.87. The van der Waals surface area contributed by atoms with Crippen molar-refractivity contribution in [3.63, 3.8) is 0 Å². The van der Waals surface area contributed by atoms with Crippen molar-refractivity contribution in [1.29, 1.82) is 0 Å². The molecule has 2 aromatic carbocycles. The lowest BCUT2D eigenvalue weighted by Crippen LogP contribution is -2.26. The highest BCUT2D eigenvalue weighted by molar-refractivity contribution is 5.85. The number of benzene rings is 2. The smallest absolute Gasteiger partial charge is 0.339 e. The minimum Gasteiger partial charge on any atom is -0.491 e. The lowest BCUT2D eigenvalue weighted by Gasteiger charge is -2.23. The number of hydrogen-bond donors (Lipinski definition) is 3. The van der Waals surface area contributed by atoms with Crippen molar-refractivity contribution in [2.75, 3.05) is 6.61 Å². The molecule has 7 heteroatoms. The van der Waals surface area contributed by atoms with Gasteiger partial charge < -0.3 is 24.5 Å². The van der Waals surface area contributed by atoms with Crippen LogP contribution in [-0.4, -0.2) is 34.0 Å². The number of carbonyl (C=O) groups is 1. The first-order valence-corrected chi connectivity index (χ1v) is 10.3. The zero-order valence-electron chi connectivity index (χ0n) is 16.9. The van der Waals surface area contributed by atoms with Crippen LogP contribution < -0.4 is 10.4 Å². The zero-order valence-corrected chi connectivity index (χ0v) is 16.9. The quantitative estimate of drug-likeness (QED) is 0.499. The highest BCUT2D eigenvalue weighted by Gasteiger charge is 2.26. The van der Waals surface area contributed by atoms with Gasteiger partial charge in [-0.2, -0.15) is 0 Å². The van der Waals surface area contributed by atoms with Crippen molar-refractivity contribution in [2.24, 2.45) is 0 Å². The number of aliphatic hydroxyl groups excluding tert-OH is 2. The van der Waals surface area contributed by atoms with Crippen LogP contribution in [0.15, 0.2) is 51.7 Å². The average molecular weight is 424 g/mol. The van der Waals surface area contributed by atoms with Gasteiger partial charge >= 0.3 is 11.6 Å². The van der Waals surface area contributed by atoms with Crippen LogP contribution in [0.2, 0.25) is 0 Å². The molecule has 4 rings (SSSR count). The fourth-order valence-corrected chi connectivity index (χ4v) is 4.17. The summed E-state index contributed by atoms with van der Waals surface area (Å²) in [7, 11) is 0. The number of fused-ring (bicyclic) bond motifs is 3. The molecule has 3 N–H and O–H groups in total. The molecule has 0 spiro atoms. The average Bonchev–Trinajstić information content (AvgIpc) is 2.76. The fraction of sp³-hybridized carbons (Fsp3) is 0.333. The van der Waals surface area contributed by atoms with Crippen molar-refractivity contribution in [2.45, 2.75) is 44.3 Å². The third-order valence-corrected chi connectivity index (χ3v) is 5.63. The van der Waals surface area contributed by atoms with Gasteiger partial charge in [-0.05, 0) is 60.6 Å². The molecule has 31 heavy (non-hydrogen) atoms. The number of aliphatic carboxylic acids is 1. The molecular weight excluding hydrogens is 400 g/mol. The second-order valence-electron chi connectivity index (χ2n) is 7.82. The van der Waals surface area contributed by atoms with Crippen LogP contribution in [0.5, 0.6) is 5.75 Å². The van der Waals surface area contributed by atoms with Crippen molar-refractivity contribution in [3.05, 3.63) is 75.1 Å². The molecule has 0 fully saturated rings. The third kappa shape index (κ3) is 4.47. The summed E-state index contributed by atoms with van der Waals surface area (Å²) in [6.07, 6.45) is 0.638. The van der Waals surface area contributed by atoms with Crippen molar-refractivity contribution >= 4 is 16.9 Å². The van der Waals surface area contributed by atoms with E-state index in [4.69, 9.17) is 14.3 Å². The van der Waals surface area contributed by atoms with E-state index in [1.54, 1.807) is 42.5 Å². The topological polar surface area (TPSA) is 117 Å². The number of aliphatic hydroxyl groups is 2. The first-order valence-electron chi connectivity index (χ1n) is 10.3. The summed E-state index contributed by atoms with van der Waals surface area (Å²) in [6.45, 7) is -0.187. The summed E-state index contributed by atoms with van der Waals surface area (Å²) in [5.41, 5.74) is 2.68. The van der Waals surface area contributed by atoms with Gasteiger partial charge in [0.25, 0.3) is 0 Å². The van der Waals surface area contributed by atoms with Crippen LogP contribution in [0.3, 0.4) is 0 Å². The maximum atomic E-state index is 12.3. The van der Waals surface area contributed by atoms with Crippen LogP contribution in [0.4, 0.5) is 0 Å². The van der Waals surface area contributed by atoms with E-state index in [1.165, 1.54) is 0 Å². The number of aryl methyl sites for hydroxylation is 1. The number of rotatable bonds is 7. The van der Waals surface area contributed by atoms with Crippen molar-refractivity contribution in [1.82, 2.24) is 0 Å². The van der Waals surface area contributed by atoms with Crippen LogP contribution in [0.1, 0.15) is 41.2 Å². The number of ether oxygens (including phenoxy) is 1. The van der Waals surface area contributed by atoms with E-state index in [0.717, 1.165) is 24.8 Å². The molecule has 1 aliphatic carbocycles. The van der Waals surface area contributed by atoms with Crippen molar-refractivity contribution in [3.8, 4) is 5.75 Å². The summed E-state index contributed by atoms with van der Waals surface area (Å²) >= 11 is 0. The maximum absolute atomic E-state index is 12.3. The van der Waals surface area contributed by atoms with Crippen LogP contribution in [-0.2, 0) is 24.1 Å². The van der Waals surface area contributed by atoms with Crippen LogP contribution >= 0.6 is 0 Å². The Labute approximate surface area is 178 Å². The number of carboxylic acid groups (broad SMARTS) is 1. The molecule has 1 heterocycles. The maximum Gasteiger partial charge on any atom is 0.339 e. The van der Waals surface area contributed by atoms with Gasteiger partial charge in [0.1, 0.15) is 30.1 Å². The Hall–Kier alpha value is -3.16. The fourth-order valence-electron chi connectivity index (χ4n) is 4.17. The lowest BCUT2D eigenvalue weighted by molar-refractivity contribution is -0.136. The molecule has 0 amide bonds. The zero-order chi connectivity index (χ0) is 22.0. The Morgan fingerprint density at radius 1 is 1.06 bits per heavy atom. The molecule has 0 saturated heterocycles. The highest BCUT2D eigenvalue weighted by Crippen LogP contribution is 2.33. The summed E-state index contributed by atoms with van der Waals surface area (Å²) in [6, 6.07) is 11.7. The predicted octanol–water partition coefficient (Wildman–Crippen LogP) is 2.77. The van der Waals surface area contributed by atoms with Gasteiger partial charge in [0, 0.05) is 10.9 Å². The Balaban J connectivity index is 1.57. The number of carboxylic acids is 1. The molecule has 1 aliphatic rings. The Morgan fingerprint density at radius 2 is 1.81 bits per heavy atom. The third-order valence-electron chi connectivity index (χ3n) is 5.63. The molecule has 0 saturated carbocycles. The molecule has 1 aromatic heterocycles. The summed E-state index contributed by atoms with van der Waals surface area (Å²) in [5, 5.41) is 31.1. The van der Waals surface area contributed by atoms with E-state index >= 15 is 0 Å². The van der Waals surface area contributed by atoms with Crippen LogP contribution in [0.25, 0.3) is 11.0 Å². The molecule has 0 radical (unpaired) electrons. The molecule has 2 atom stereocenters. The second-order valence-corrected chi connectivity index (χ2v) is 7.82. The minimum atomic E-state index is -1.25. The molecule has 2 unspecified atom stereocenters. The SMILES string of the molecule is O=C(O)Cc1cccc(OCC(O)C(O)c2cccc3oc(=O)c4c(c23)CCCC4)c1. The normalized spacial score (nSPS) is 15.3. The Kier molecular flexibility index (Phi) is 6.06. The first-order chi connectivity index (χ1) is 14.9. The van der Waals surface area contributed by atoms with E-state index < -0.39 is 18.2 Å². The monoisotopic (exact) mass is 424 g/mol. The van der Waals surface area contributed by atoms with E-state index in [-0.39, 0.29) is 18.7 Å². The molecule has 3 aromatic rings. The van der Waals surface area contributed by atoms with Crippen LogP contribution in [0, 0.1) is 0 Å². The molecule has 7 nitrogen and oxygen atoms in total. The minimum absolute atomic E-state index is 0.130. The standard InChI is InChI=1S/C24H24O7/c25-19(13-30-15-6-3-5-14(11-15)12-21(26)27)23(28)18-9-4-10-20-22(18)16-7-1-2-8-17(16)24(29)31-20/h3-6,9-11,19,23,25,28H,1-2,7-8,12-13H2,(H,26,27). The Morgan fingerprint density at radius 3 is 2.58 bits per heavy atom. The van der Waals surface area contributed by atoms with Gasteiger partial charge in [-0.3, -0.25) is 4.79 Å².